The van der Waals surface area contributed by atoms with E-state index in [1.165, 1.54) is 7.11 Å². The number of esters is 1. The number of likely N-dealkylation sites (tertiary alicyclic amines) is 1. The molecule has 0 bridgehead atoms. The molecule has 1 heterocycles. The molecule has 0 aromatic heterocycles. The normalized spacial score (nSPS) is 19.3. The van der Waals surface area contributed by atoms with Crippen LogP contribution in [0.25, 0.3) is 0 Å². The van der Waals surface area contributed by atoms with Crippen molar-refractivity contribution in [1.29, 1.82) is 0 Å². The zero-order valence-electron chi connectivity index (χ0n) is 10.4. The first-order chi connectivity index (χ1) is 7.60. The third-order valence-electron chi connectivity index (χ3n) is 3.38. The number of nitrogens with zero attached hydrogens (tertiary/aromatic N) is 1. The van der Waals surface area contributed by atoms with Crippen molar-refractivity contribution in [2.75, 3.05) is 20.2 Å². The highest BCUT2D eigenvalue weighted by Crippen LogP contribution is 2.20. The van der Waals surface area contributed by atoms with Crippen LogP contribution in [0.2, 0.25) is 0 Å². The Hall–Kier alpha value is -1.06. The average molecular weight is 227 g/mol. The van der Waals surface area contributed by atoms with E-state index in [9.17, 15) is 9.59 Å². The van der Waals surface area contributed by atoms with Crippen molar-refractivity contribution in [3.63, 3.8) is 0 Å². The Balaban J connectivity index is 2.43. The third kappa shape index (κ3) is 2.97. The van der Waals surface area contributed by atoms with Gasteiger partial charge in [-0.05, 0) is 19.3 Å². The van der Waals surface area contributed by atoms with E-state index in [4.69, 9.17) is 4.74 Å². The number of methoxy groups -OCH3 is 1. The van der Waals surface area contributed by atoms with Gasteiger partial charge >= 0.3 is 5.97 Å². The van der Waals surface area contributed by atoms with Gasteiger partial charge in [-0.3, -0.25) is 9.59 Å². The van der Waals surface area contributed by atoms with Gasteiger partial charge in [-0.25, -0.2) is 0 Å². The molecular formula is C12H21NO3. The van der Waals surface area contributed by atoms with Gasteiger partial charge in [-0.2, -0.15) is 0 Å². The Morgan fingerprint density at radius 1 is 1.38 bits per heavy atom. The van der Waals surface area contributed by atoms with Crippen LogP contribution in [0, 0.1) is 11.8 Å². The van der Waals surface area contributed by atoms with E-state index in [0.717, 1.165) is 19.3 Å². The van der Waals surface area contributed by atoms with Crippen molar-refractivity contribution in [2.45, 2.75) is 33.1 Å². The molecule has 1 amide bonds. The zero-order valence-corrected chi connectivity index (χ0v) is 10.4. The first-order valence-electron chi connectivity index (χ1n) is 5.96. The molecule has 0 saturated carbocycles. The highest BCUT2D eigenvalue weighted by Gasteiger charge is 2.29. The van der Waals surface area contributed by atoms with Gasteiger partial charge in [0.05, 0.1) is 13.0 Å². The van der Waals surface area contributed by atoms with E-state index >= 15 is 0 Å². The molecule has 0 aromatic rings. The number of hydrogen-bond acceptors (Lipinski definition) is 3. The van der Waals surface area contributed by atoms with E-state index in [2.05, 4.69) is 0 Å². The fraction of sp³-hybridized carbons (Fsp3) is 0.833. The number of carbonyl (C=O) groups excluding carboxylic acids is 2. The maximum atomic E-state index is 11.9. The minimum Gasteiger partial charge on any atom is -0.469 e. The van der Waals surface area contributed by atoms with Crippen molar-refractivity contribution in [3.05, 3.63) is 0 Å². The summed E-state index contributed by atoms with van der Waals surface area (Å²) in [6.07, 6.45) is 2.33. The summed E-state index contributed by atoms with van der Waals surface area (Å²) < 4.78 is 4.71. The van der Waals surface area contributed by atoms with Crippen LogP contribution < -0.4 is 0 Å². The largest absolute Gasteiger partial charge is 0.469 e. The number of hydrogen-bond donors (Lipinski definition) is 0. The Bertz CT molecular complexity index is 257. The number of carbonyl (C=O) groups is 2. The lowest BCUT2D eigenvalue weighted by molar-refractivity contribution is -0.149. The van der Waals surface area contributed by atoms with Crippen LogP contribution in [-0.2, 0) is 14.3 Å². The lowest BCUT2D eigenvalue weighted by atomic mass is 9.95. The fourth-order valence-electron chi connectivity index (χ4n) is 1.99. The molecule has 0 spiro atoms. The second-order valence-electron chi connectivity index (χ2n) is 4.43. The summed E-state index contributed by atoms with van der Waals surface area (Å²) in [5.41, 5.74) is 0. The molecular weight excluding hydrogens is 206 g/mol. The summed E-state index contributed by atoms with van der Waals surface area (Å²) in [6, 6.07) is 0. The van der Waals surface area contributed by atoms with Gasteiger partial charge in [0, 0.05) is 19.0 Å². The van der Waals surface area contributed by atoms with Gasteiger partial charge in [-0.15, -0.1) is 0 Å². The molecule has 0 N–H and O–H groups in total. The number of ether oxygens (including phenoxy) is 1. The molecule has 1 rings (SSSR count). The Morgan fingerprint density at radius 3 is 2.38 bits per heavy atom. The molecule has 1 saturated heterocycles. The number of amides is 1. The third-order valence-corrected chi connectivity index (χ3v) is 3.38. The van der Waals surface area contributed by atoms with Crippen LogP contribution in [0.1, 0.15) is 33.1 Å². The number of piperidine rings is 1. The summed E-state index contributed by atoms with van der Waals surface area (Å²) >= 11 is 0. The molecule has 1 aliphatic heterocycles. The zero-order chi connectivity index (χ0) is 12.1. The summed E-state index contributed by atoms with van der Waals surface area (Å²) in [6.45, 7) is 5.34. The van der Waals surface area contributed by atoms with Crippen molar-refractivity contribution in [2.24, 2.45) is 11.8 Å². The molecule has 0 radical (unpaired) electrons. The second kappa shape index (κ2) is 5.87. The molecule has 0 unspecified atom stereocenters. The predicted octanol–water partition coefficient (Wildman–Crippen LogP) is 1.44. The molecule has 1 atom stereocenters. The number of rotatable bonds is 3. The molecule has 4 nitrogen and oxygen atoms in total. The Kier molecular flexibility index (Phi) is 4.77. The van der Waals surface area contributed by atoms with Crippen LogP contribution in [-0.4, -0.2) is 37.0 Å². The standard InChI is InChI=1S/C12H21NO3/c1-4-9(2)11(14)13-7-5-10(6-8-13)12(15)16-3/h9-10H,4-8H2,1-3H3/t9-/m0/s1. The molecule has 1 fully saturated rings. The summed E-state index contributed by atoms with van der Waals surface area (Å²) in [5.74, 6) is 0.141. The van der Waals surface area contributed by atoms with Gasteiger partial charge in [-0.1, -0.05) is 13.8 Å². The SMILES string of the molecule is CC[C@H](C)C(=O)N1CCC(C(=O)OC)CC1. The minimum atomic E-state index is -0.143. The molecule has 4 heteroatoms. The van der Waals surface area contributed by atoms with Crippen molar-refractivity contribution in [3.8, 4) is 0 Å². The topological polar surface area (TPSA) is 46.6 Å². The van der Waals surface area contributed by atoms with Crippen molar-refractivity contribution < 1.29 is 14.3 Å². The Labute approximate surface area is 96.9 Å². The summed E-state index contributed by atoms with van der Waals surface area (Å²) in [4.78, 5) is 25.1. The average Bonchev–Trinajstić information content (AvgIpc) is 2.36. The van der Waals surface area contributed by atoms with E-state index < -0.39 is 0 Å². The van der Waals surface area contributed by atoms with Gasteiger partial charge < -0.3 is 9.64 Å². The van der Waals surface area contributed by atoms with Gasteiger partial charge in [0.2, 0.25) is 5.91 Å². The van der Waals surface area contributed by atoms with E-state index in [1.807, 2.05) is 18.7 Å². The minimum absolute atomic E-state index is 0.0222. The van der Waals surface area contributed by atoms with Gasteiger partial charge in [0.25, 0.3) is 0 Å². The van der Waals surface area contributed by atoms with Gasteiger partial charge in [0.15, 0.2) is 0 Å². The lowest BCUT2D eigenvalue weighted by Crippen LogP contribution is -2.42. The monoisotopic (exact) mass is 227 g/mol. The van der Waals surface area contributed by atoms with Crippen LogP contribution in [0.5, 0.6) is 0 Å². The highest BCUT2D eigenvalue weighted by molar-refractivity contribution is 5.79. The van der Waals surface area contributed by atoms with Gasteiger partial charge in [0.1, 0.15) is 0 Å². The highest BCUT2D eigenvalue weighted by atomic mass is 16.5. The molecule has 0 aromatic carbocycles. The fourth-order valence-corrected chi connectivity index (χ4v) is 1.99. The molecule has 16 heavy (non-hydrogen) atoms. The van der Waals surface area contributed by atoms with Crippen LogP contribution in [0.4, 0.5) is 0 Å². The van der Waals surface area contributed by atoms with Crippen LogP contribution >= 0.6 is 0 Å². The quantitative estimate of drug-likeness (QED) is 0.685. The predicted molar refractivity (Wildman–Crippen MR) is 60.8 cm³/mol. The summed E-state index contributed by atoms with van der Waals surface area (Å²) in [7, 11) is 1.42. The molecule has 0 aliphatic carbocycles. The maximum Gasteiger partial charge on any atom is 0.308 e. The van der Waals surface area contributed by atoms with Crippen molar-refractivity contribution in [1.82, 2.24) is 4.90 Å². The van der Waals surface area contributed by atoms with E-state index in [0.29, 0.717) is 13.1 Å². The lowest BCUT2D eigenvalue weighted by Gasteiger charge is -2.32. The smallest absolute Gasteiger partial charge is 0.308 e. The summed E-state index contributed by atoms with van der Waals surface area (Å²) in [5, 5.41) is 0. The van der Waals surface area contributed by atoms with Crippen LogP contribution in [0.15, 0.2) is 0 Å². The molecule has 1 aliphatic rings. The first kappa shape index (κ1) is 13.0. The van der Waals surface area contributed by atoms with E-state index in [-0.39, 0.29) is 23.7 Å². The maximum absolute atomic E-state index is 11.9. The van der Waals surface area contributed by atoms with E-state index in [1.54, 1.807) is 0 Å². The second-order valence-corrected chi connectivity index (χ2v) is 4.43. The van der Waals surface area contributed by atoms with Crippen molar-refractivity contribution >= 4 is 11.9 Å². The first-order valence-corrected chi connectivity index (χ1v) is 5.96. The van der Waals surface area contributed by atoms with Crippen LogP contribution in [0.3, 0.4) is 0 Å². The Morgan fingerprint density at radius 2 is 1.94 bits per heavy atom. The molecule has 92 valence electrons.